The van der Waals surface area contributed by atoms with Crippen molar-refractivity contribution >= 4 is 29.2 Å². The zero-order valence-electron chi connectivity index (χ0n) is 17.0. The van der Waals surface area contributed by atoms with E-state index >= 15 is 0 Å². The molecule has 1 amide bonds. The fraction of sp³-hybridized carbons (Fsp3) is 0.571. The molecule has 0 spiro atoms. The number of hydrogen-bond acceptors (Lipinski definition) is 5. The lowest BCUT2D eigenvalue weighted by Crippen LogP contribution is -2.49. The van der Waals surface area contributed by atoms with E-state index in [9.17, 15) is 9.90 Å². The molecular formula is C21H31ClN4O3. The van der Waals surface area contributed by atoms with Crippen molar-refractivity contribution in [1.29, 1.82) is 0 Å². The predicted octanol–water partition coefficient (Wildman–Crippen LogP) is 0.662. The number of piperazine rings is 1. The van der Waals surface area contributed by atoms with E-state index < -0.39 is 6.10 Å². The highest BCUT2D eigenvalue weighted by molar-refractivity contribution is 6.02. The number of halogens is 1. The number of aliphatic hydroxyl groups is 2. The average molecular weight is 423 g/mol. The summed E-state index contributed by atoms with van der Waals surface area (Å²) in [4.78, 5) is 19.1. The summed E-state index contributed by atoms with van der Waals surface area (Å²) >= 11 is 0. The number of aromatic nitrogens is 1. The Morgan fingerprint density at radius 1 is 1.03 bits per heavy atom. The SMILES string of the molecule is CN1CCc2c(n(CC(O)CN3CCN(CCO)CC3)c3ccccc23)C1=O.Cl. The molecule has 0 radical (unpaired) electrons. The Morgan fingerprint density at radius 2 is 1.72 bits per heavy atom. The number of aliphatic hydroxyl groups excluding tert-OH is 2. The minimum atomic E-state index is -0.538. The Kier molecular flexibility index (Phi) is 7.19. The van der Waals surface area contributed by atoms with Gasteiger partial charge in [-0.1, -0.05) is 18.2 Å². The Hall–Kier alpha value is -1.64. The number of rotatable bonds is 6. The summed E-state index contributed by atoms with van der Waals surface area (Å²) in [7, 11) is 1.84. The van der Waals surface area contributed by atoms with Crippen LogP contribution >= 0.6 is 12.4 Å². The van der Waals surface area contributed by atoms with Gasteiger partial charge in [0.1, 0.15) is 5.69 Å². The third-order valence-corrected chi connectivity index (χ3v) is 6.07. The molecule has 2 aliphatic rings. The van der Waals surface area contributed by atoms with E-state index in [2.05, 4.69) is 15.9 Å². The van der Waals surface area contributed by atoms with Crippen LogP contribution in [0.2, 0.25) is 0 Å². The molecule has 8 heteroatoms. The lowest BCUT2D eigenvalue weighted by Gasteiger charge is -2.35. The van der Waals surface area contributed by atoms with Crippen molar-refractivity contribution < 1.29 is 15.0 Å². The monoisotopic (exact) mass is 422 g/mol. The van der Waals surface area contributed by atoms with Gasteiger partial charge in [-0.05, 0) is 18.1 Å². The topological polar surface area (TPSA) is 72.2 Å². The first-order valence-corrected chi connectivity index (χ1v) is 10.2. The molecule has 0 aliphatic carbocycles. The van der Waals surface area contributed by atoms with E-state index in [0.717, 1.165) is 61.3 Å². The van der Waals surface area contributed by atoms with Crippen molar-refractivity contribution in [2.75, 3.05) is 59.5 Å². The summed E-state index contributed by atoms with van der Waals surface area (Å²) in [5, 5.41) is 21.0. The van der Waals surface area contributed by atoms with Gasteiger partial charge in [-0.25, -0.2) is 0 Å². The highest BCUT2D eigenvalue weighted by Crippen LogP contribution is 2.30. The molecule has 1 unspecified atom stereocenters. The summed E-state index contributed by atoms with van der Waals surface area (Å²) in [6, 6.07) is 8.13. The van der Waals surface area contributed by atoms with Gasteiger partial charge in [0.15, 0.2) is 0 Å². The standard InChI is InChI=1S/C21H30N4O3.ClH/c1-22-7-6-18-17-4-2-3-5-19(17)25(20(18)21(22)28)15-16(27)14-24-10-8-23(9-11-24)12-13-26;/h2-5,16,26-27H,6-15H2,1H3;1H. The number of benzene rings is 1. The second-order valence-electron chi connectivity index (χ2n) is 7.95. The maximum atomic E-state index is 12.9. The van der Waals surface area contributed by atoms with E-state index in [1.54, 1.807) is 4.90 Å². The van der Waals surface area contributed by atoms with E-state index in [4.69, 9.17) is 5.11 Å². The van der Waals surface area contributed by atoms with Crippen LogP contribution < -0.4 is 0 Å². The maximum absolute atomic E-state index is 12.9. The van der Waals surface area contributed by atoms with Gasteiger partial charge in [0.2, 0.25) is 0 Å². The third-order valence-electron chi connectivity index (χ3n) is 6.07. The average Bonchev–Trinajstić information content (AvgIpc) is 3.01. The number of amides is 1. The van der Waals surface area contributed by atoms with Crippen molar-refractivity contribution in [3.8, 4) is 0 Å². The Balaban J connectivity index is 0.00000240. The van der Waals surface area contributed by atoms with Crippen LogP contribution in [0.3, 0.4) is 0 Å². The molecule has 1 fully saturated rings. The van der Waals surface area contributed by atoms with Crippen LogP contribution in [0.25, 0.3) is 10.9 Å². The summed E-state index contributed by atoms with van der Waals surface area (Å²) in [5.74, 6) is 0.0438. The molecule has 1 saturated heterocycles. The zero-order valence-corrected chi connectivity index (χ0v) is 17.8. The normalized spacial score (nSPS) is 19.3. The number of hydrogen-bond donors (Lipinski definition) is 2. The molecule has 1 aromatic carbocycles. The van der Waals surface area contributed by atoms with E-state index in [-0.39, 0.29) is 24.9 Å². The number of nitrogens with zero attached hydrogens (tertiary/aromatic N) is 4. The number of likely N-dealkylation sites (N-methyl/N-ethyl adjacent to an activating group) is 1. The molecule has 2 N–H and O–H groups in total. The van der Waals surface area contributed by atoms with Crippen LogP contribution in [-0.4, -0.2) is 101 Å². The van der Waals surface area contributed by atoms with E-state index in [0.29, 0.717) is 19.6 Å². The van der Waals surface area contributed by atoms with Gasteiger partial charge in [0.25, 0.3) is 5.91 Å². The van der Waals surface area contributed by atoms with Crippen molar-refractivity contribution in [3.63, 3.8) is 0 Å². The first kappa shape index (κ1) is 22.1. The molecule has 1 atom stereocenters. The summed E-state index contributed by atoms with van der Waals surface area (Å²) in [5.41, 5.74) is 2.88. The van der Waals surface area contributed by atoms with Crippen molar-refractivity contribution in [1.82, 2.24) is 19.3 Å². The molecule has 1 aromatic heterocycles. The molecule has 2 aromatic rings. The second kappa shape index (κ2) is 9.45. The molecule has 7 nitrogen and oxygen atoms in total. The lowest BCUT2D eigenvalue weighted by atomic mass is 10.0. The van der Waals surface area contributed by atoms with Crippen LogP contribution in [0.4, 0.5) is 0 Å². The third kappa shape index (κ3) is 4.44. The van der Waals surface area contributed by atoms with Gasteiger partial charge in [-0.15, -0.1) is 12.4 Å². The molecule has 4 rings (SSSR count). The van der Waals surface area contributed by atoms with Gasteiger partial charge < -0.3 is 19.7 Å². The summed E-state index contributed by atoms with van der Waals surface area (Å²) in [6.45, 7) is 6.28. The summed E-state index contributed by atoms with van der Waals surface area (Å²) in [6.07, 6.45) is 0.318. The summed E-state index contributed by atoms with van der Waals surface area (Å²) < 4.78 is 2.02. The molecule has 160 valence electrons. The first-order valence-electron chi connectivity index (χ1n) is 10.2. The van der Waals surface area contributed by atoms with Crippen LogP contribution in [0.1, 0.15) is 16.1 Å². The highest BCUT2D eigenvalue weighted by atomic mass is 35.5. The van der Waals surface area contributed by atoms with Crippen LogP contribution in [0.15, 0.2) is 24.3 Å². The van der Waals surface area contributed by atoms with Gasteiger partial charge in [0.05, 0.1) is 19.3 Å². The molecular weight excluding hydrogens is 392 g/mol. The maximum Gasteiger partial charge on any atom is 0.270 e. The second-order valence-corrected chi connectivity index (χ2v) is 7.95. The van der Waals surface area contributed by atoms with E-state index in [1.807, 2.05) is 29.8 Å². The van der Waals surface area contributed by atoms with Crippen LogP contribution in [0.5, 0.6) is 0 Å². The van der Waals surface area contributed by atoms with Gasteiger partial charge in [-0.3, -0.25) is 14.6 Å². The van der Waals surface area contributed by atoms with Crippen molar-refractivity contribution in [3.05, 3.63) is 35.5 Å². The largest absolute Gasteiger partial charge is 0.395 e. The quantitative estimate of drug-likeness (QED) is 0.715. The van der Waals surface area contributed by atoms with Crippen LogP contribution in [-0.2, 0) is 13.0 Å². The van der Waals surface area contributed by atoms with Gasteiger partial charge in [0, 0.05) is 63.8 Å². The highest BCUT2D eigenvalue weighted by Gasteiger charge is 2.30. The smallest absolute Gasteiger partial charge is 0.270 e. The molecule has 0 saturated carbocycles. The predicted molar refractivity (Wildman–Crippen MR) is 116 cm³/mol. The molecule has 29 heavy (non-hydrogen) atoms. The Morgan fingerprint density at radius 3 is 2.45 bits per heavy atom. The van der Waals surface area contributed by atoms with Crippen LogP contribution in [0, 0.1) is 0 Å². The number of para-hydroxylation sites is 1. The van der Waals surface area contributed by atoms with Crippen molar-refractivity contribution in [2.24, 2.45) is 0 Å². The number of fused-ring (bicyclic) bond motifs is 3. The number of carbonyl (C=O) groups is 1. The fourth-order valence-electron chi connectivity index (χ4n) is 4.53. The Labute approximate surface area is 177 Å². The molecule has 2 aliphatic heterocycles. The zero-order chi connectivity index (χ0) is 19.7. The number of carbonyl (C=O) groups excluding carboxylic acids is 1. The van der Waals surface area contributed by atoms with E-state index in [1.165, 1.54) is 0 Å². The lowest BCUT2D eigenvalue weighted by molar-refractivity contribution is 0.0582. The van der Waals surface area contributed by atoms with Gasteiger partial charge >= 0.3 is 0 Å². The van der Waals surface area contributed by atoms with Gasteiger partial charge in [-0.2, -0.15) is 0 Å². The minimum Gasteiger partial charge on any atom is -0.395 e. The number of β-amino-alcohol motifs (C(OH)–C–C–N with tert-alkyl or cyclic N) is 2. The molecule has 0 bridgehead atoms. The fourth-order valence-corrected chi connectivity index (χ4v) is 4.53. The Bertz CT molecular complexity index is 848. The molecule has 3 heterocycles. The van der Waals surface area contributed by atoms with Crippen molar-refractivity contribution in [2.45, 2.75) is 19.1 Å². The first-order chi connectivity index (χ1) is 13.6. The minimum absolute atomic E-state index is 0.